The predicted molar refractivity (Wildman–Crippen MR) is 83.2 cm³/mol. The largest absolute Gasteiger partial charge is 0.341 e. The summed E-state index contributed by atoms with van der Waals surface area (Å²) >= 11 is 0. The van der Waals surface area contributed by atoms with Gasteiger partial charge in [0.1, 0.15) is 0 Å². The molecule has 0 radical (unpaired) electrons. The van der Waals surface area contributed by atoms with Crippen LogP contribution in [0.15, 0.2) is 0 Å². The van der Waals surface area contributed by atoms with Crippen LogP contribution in [0.1, 0.15) is 59.8 Å². The molecular weight excluding hydrogens is 248 g/mol. The molecule has 20 heavy (non-hydrogen) atoms. The van der Waals surface area contributed by atoms with E-state index in [0.29, 0.717) is 17.2 Å². The van der Waals surface area contributed by atoms with Crippen LogP contribution in [0.25, 0.3) is 0 Å². The van der Waals surface area contributed by atoms with Crippen molar-refractivity contribution >= 4 is 5.91 Å². The molecular formula is C17H32N2O. The number of piperidine rings is 1. The second-order valence-electron chi connectivity index (χ2n) is 8.26. The number of likely N-dealkylation sites (tertiary alicyclic amines) is 1. The first kappa shape index (κ1) is 15.8. The topological polar surface area (TPSA) is 46.3 Å². The van der Waals surface area contributed by atoms with Crippen LogP contribution < -0.4 is 5.73 Å². The molecule has 0 aromatic heterocycles. The van der Waals surface area contributed by atoms with Gasteiger partial charge in [0.25, 0.3) is 0 Å². The van der Waals surface area contributed by atoms with E-state index in [2.05, 4.69) is 27.7 Å². The van der Waals surface area contributed by atoms with Crippen LogP contribution in [0, 0.1) is 23.2 Å². The summed E-state index contributed by atoms with van der Waals surface area (Å²) in [4.78, 5) is 14.7. The molecule has 3 heteroatoms. The van der Waals surface area contributed by atoms with Gasteiger partial charge < -0.3 is 10.6 Å². The van der Waals surface area contributed by atoms with E-state index in [1.807, 2.05) is 4.90 Å². The maximum atomic E-state index is 12.7. The molecule has 2 N–H and O–H groups in total. The van der Waals surface area contributed by atoms with Crippen LogP contribution in [0.4, 0.5) is 0 Å². The molecule has 1 aliphatic heterocycles. The second-order valence-corrected chi connectivity index (χ2v) is 8.26. The van der Waals surface area contributed by atoms with Crippen LogP contribution >= 0.6 is 0 Å². The van der Waals surface area contributed by atoms with Gasteiger partial charge in [0.05, 0.1) is 0 Å². The molecule has 3 nitrogen and oxygen atoms in total. The van der Waals surface area contributed by atoms with Gasteiger partial charge in [-0.1, -0.05) is 27.7 Å². The van der Waals surface area contributed by atoms with Gasteiger partial charge in [-0.2, -0.15) is 0 Å². The summed E-state index contributed by atoms with van der Waals surface area (Å²) in [5, 5.41) is 0. The Hall–Kier alpha value is -0.570. The van der Waals surface area contributed by atoms with Crippen LogP contribution in [0.2, 0.25) is 0 Å². The van der Waals surface area contributed by atoms with Crippen LogP contribution in [0.5, 0.6) is 0 Å². The molecule has 2 fully saturated rings. The molecule has 116 valence electrons. The lowest BCUT2D eigenvalue weighted by Crippen LogP contribution is -2.51. The molecule has 2 atom stereocenters. The smallest absolute Gasteiger partial charge is 0.225 e. The fourth-order valence-electron chi connectivity index (χ4n) is 4.04. The van der Waals surface area contributed by atoms with E-state index in [4.69, 9.17) is 5.73 Å². The zero-order valence-electron chi connectivity index (χ0n) is 13.7. The van der Waals surface area contributed by atoms with E-state index < -0.39 is 0 Å². The lowest BCUT2D eigenvalue weighted by Gasteiger charge is -2.40. The summed E-state index contributed by atoms with van der Waals surface area (Å²) in [5.41, 5.74) is 6.45. The van der Waals surface area contributed by atoms with Crippen molar-refractivity contribution in [2.75, 3.05) is 13.1 Å². The first-order valence-corrected chi connectivity index (χ1v) is 8.31. The van der Waals surface area contributed by atoms with Gasteiger partial charge in [0, 0.05) is 25.0 Å². The highest BCUT2D eigenvalue weighted by Crippen LogP contribution is 2.40. The zero-order valence-corrected chi connectivity index (χ0v) is 13.7. The maximum absolute atomic E-state index is 12.7. The van der Waals surface area contributed by atoms with E-state index in [1.54, 1.807) is 0 Å². The van der Waals surface area contributed by atoms with Gasteiger partial charge >= 0.3 is 0 Å². The van der Waals surface area contributed by atoms with E-state index >= 15 is 0 Å². The Bertz CT molecular complexity index is 329. The van der Waals surface area contributed by atoms with E-state index in [9.17, 15) is 4.79 Å². The number of amides is 1. The lowest BCUT2D eigenvalue weighted by atomic mass is 9.69. The Morgan fingerprint density at radius 2 is 1.70 bits per heavy atom. The van der Waals surface area contributed by atoms with Crippen molar-refractivity contribution in [2.45, 2.75) is 65.8 Å². The number of rotatable bonds is 1. The molecule has 0 bridgehead atoms. The van der Waals surface area contributed by atoms with Gasteiger partial charge in [-0.15, -0.1) is 0 Å². The third-order valence-electron chi connectivity index (χ3n) is 5.30. The number of nitrogens with zero attached hydrogens (tertiary/aromatic N) is 1. The standard InChI is InChI=1S/C17H32N2O/c1-12-9-15(18)11-19(10-12)16(20)13-5-7-14(8-6-13)17(2,3)4/h12-15H,5-11,18H2,1-4H3. The molecule has 1 saturated carbocycles. The maximum Gasteiger partial charge on any atom is 0.225 e. The predicted octanol–water partition coefficient (Wildman–Crippen LogP) is 3.03. The van der Waals surface area contributed by atoms with Crippen molar-refractivity contribution in [3.8, 4) is 0 Å². The highest BCUT2D eigenvalue weighted by Gasteiger charge is 2.35. The average Bonchev–Trinajstić information content (AvgIpc) is 2.36. The van der Waals surface area contributed by atoms with Crippen molar-refractivity contribution in [2.24, 2.45) is 28.9 Å². The summed E-state index contributed by atoms with van der Waals surface area (Å²) in [6, 6.07) is 0.175. The summed E-state index contributed by atoms with van der Waals surface area (Å²) in [6.45, 7) is 10.9. The van der Waals surface area contributed by atoms with Crippen molar-refractivity contribution in [3.63, 3.8) is 0 Å². The van der Waals surface area contributed by atoms with Gasteiger partial charge in [-0.25, -0.2) is 0 Å². The second kappa shape index (κ2) is 6.05. The van der Waals surface area contributed by atoms with Gasteiger partial charge in [-0.05, 0) is 49.4 Å². The van der Waals surface area contributed by atoms with Crippen molar-refractivity contribution in [1.29, 1.82) is 0 Å². The highest BCUT2D eigenvalue weighted by molar-refractivity contribution is 5.79. The minimum absolute atomic E-state index is 0.175. The van der Waals surface area contributed by atoms with Gasteiger partial charge in [-0.3, -0.25) is 4.79 Å². The van der Waals surface area contributed by atoms with Crippen LogP contribution in [-0.4, -0.2) is 29.9 Å². The normalized spacial score (nSPS) is 36.0. The quantitative estimate of drug-likeness (QED) is 0.802. The molecule has 0 aromatic rings. The Labute approximate surface area is 124 Å². The Morgan fingerprint density at radius 3 is 2.20 bits per heavy atom. The molecule has 0 aromatic carbocycles. The molecule has 2 aliphatic rings. The highest BCUT2D eigenvalue weighted by atomic mass is 16.2. The SMILES string of the molecule is CC1CC(N)CN(C(=O)C2CCC(C(C)(C)C)CC2)C1. The zero-order chi connectivity index (χ0) is 14.9. The Kier molecular flexibility index (Phi) is 4.78. The average molecular weight is 280 g/mol. The minimum atomic E-state index is 0.175. The van der Waals surface area contributed by atoms with E-state index in [0.717, 1.165) is 38.3 Å². The fourth-order valence-corrected chi connectivity index (χ4v) is 4.04. The number of nitrogens with two attached hydrogens (primary N) is 1. The molecule has 1 amide bonds. The molecule has 1 aliphatic carbocycles. The van der Waals surface area contributed by atoms with Gasteiger partial charge in [0.15, 0.2) is 0 Å². The third-order valence-corrected chi connectivity index (χ3v) is 5.30. The summed E-state index contributed by atoms with van der Waals surface area (Å²) < 4.78 is 0. The summed E-state index contributed by atoms with van der Waals surface area (Å²) in [5.74, 6) is 1.95. The first-order chi connectivity index (χ1) is 9.27. The van der Waals surface area contributed by atoms with Crippen molar-refractivity contribution < 1.29 is 4.79 Å². The lowest BCUT2D eigenvalue weighted by molar-refractivity contribution is -0.139. The van der Waals surface area contributed by atoms with E-state index in [-0.39, 0.29) is 12.0 Å². The van der Waals surface area contributed by atoms with E-state index in [1.165, 1.54) is 12.8 Å². The fraction of sp³-hybridized carbons (Fsp3) is 0.941. The number of hydrogen-bond acceptors (Lipinski definition) is 2. The Balaban J connectivity index is 1.88. The van der Waals surface area contributed by atoms with Gasteiger partial charge in [0.2, 0.25) is 5.91 Å². The number of carbonyl (C=O) groups is 1. The van der Waals surface area contributed by atoms with Crippen LogP contribution in [0.3, 0.4) is 0 Å². The molecule has 2 unspecified atom stereocenters. The molecule has 1 heterocycles. The minimum Gasteiger partial charge on any atom is -0.341 e. The number of carbonyl (C=O) groups excluding carboxylic acids is 1. The monoisotopic (exact) mass is 280 g/mol. The molecule has 1 saturated heterocycles. The molecule has 2 rings (SSSR count). The molecule has 0 spiro atoms. The van der Waals surface area contributed by atoms with Crippen LogP contribution in [-0.2, 0) is 4.79 Å². The van der Waals surface area contributed by atoms with Crippen molar-refractivity contribution in [1.82, 2.24) is 4.90 Å². The third kappa shape index (κ3) is 3.75. The first-order valence-electron chi connectivity index (χ1n) is 8.31. The summed E-state index contributed by atoms with van der Waals surface area (Å²) in [6.07, 6.45) is 5.60. The van der Waals surface area contributed by atoms with Crippen molar-refractivity contribution in [3.05, 3.63) is 0 Å². The Morgan fingerprint density at radius 1 is 1.10 bits per heavy atom. The number of hydrogen-bond donors (Lipinski definition) is 1. The summed E-state index contributed by atoms with van der Waals surface area (Å²) in [7, 11) is 0.